The van der Waals surface area contributed by atoms with Gasteiger partial charge in [-0.15, -0.1) is 0 Å². The Kier molecular flexibility index (Phi) is 5.14. The largest absolute Gasteiger partial charge is 0.495 e. The third-order valence-electron chi connectivity index (χ3n) is 4.65. The van der Waals surface area contributed by atoms with E-state index >= 15 is 0 Å². The first-order valence-corrected chi connectivity index (χ1v) is 9.53. The van der Waals surface area contributed by atoms with E-state index in [0.29, 0.717) is 23.1 Å². The monoisotopic (exact) mass is 404 g/mol. The molecule has 0 saturated carbocycles. The van der Waals surface area contributed by atoms with Crippen LogP contribution in [0.5, 0.6) is 5.75 Å². The molecule has 7 heteroatoms. The molecule has 0 atom stereocenters. The number of hydrogen-bond acceptors (Lipinski definition) is 4. The predicted molar refractivity (Wildman–Crippen MR) is 116 cm³/mol. The van der Waals surface area contributed by atoms with Crippen molar-refractivity contribution >= 4 is 29.3 Å². The van der Waals surface area contributed by atoms with Crippen molar-refractivity contribution < 1.29 is 9.53 Å². The normalized spacial score (nSPS) is 15.1. The molecule has 0 aliphatic carbocycles. The molecule has 1 fully saturated rings. The minimum Gasteiger partial charge on any atom is -0.495 e. The predicted octanol–water partition coefficient (Wildman–Crippen LogP) is 3.45. The first-order valence-electron chi connectivity index (χ1n) is 9.12. The number of ether oxygens (including phenoxy) is 1. The number of aryl methyl sites for hydroxylation is 1. The number of hydrogen-bond donors (Lipinski definition) is 1. The third kappa shape index (κ3) is 3.90. The van der Waals surface area contributed by atoms with E-state index in [-0.39, 0.29) is 5.91 Å². The first kappa shape index (κ1) is 18.9. The molecular weight excluding hydrogens is 384 g/mol. The van der Waals surface area contributed by atoms with Crippen LogP contribution in [0.1, 0.15) is 16.8 Å². The van der Waals surface area contributed by atoms with Crippen LogP contribution in [0, 0.1) is 6.92 Å². The van der Waals surface area contributed by atoms with Crippen molar-refractivity contribution in [3.8, 4) is 11.4 Å². The molecule has 1 N–H and O–H groups in total. The minimum atomic E-state index is -0.146. The van der Waals surface area contributed by atoms with Crippen LogP contribution in [-0.4, -0.2) is 32.6 Å². The van der Waals surface area contributed by atoms with Crippen LogP contribution in [-0.2, 0) is 11.3 Å². The Morgan fingerprint density at radius 2 is 2.00 bits per heavy atom. The van der Waals surface area contributed by atoms with E-state index < -0.39 is 0 Å². The lowest BCUT2D eigenvalue weighted by Gasteiger charge is -2.13. The molecule has 4 rings (SSSR count). The maximum atomic E-state index is 12.8. The van der Waals surface area contributed by atoms with Gasteiger partial charge in [-0.3, -0.25) is 9.69 Å². The molecular formula is C22H20N4O2S. The number of thiocarbonyl (C=S) groups is 1. The van der Waals surface area contributed by atoms with Crippen molar-refractivity contribution in [2.45, 2.75) is 13.5 Å². The van der Waals surface area contributed by atoms with Gasteiger partial charge in [-0.05, 0) is 48.5 Å². The summed E-state index contributed by atoms with van der Waals surface area (Å²) in [6.45, 7) is 2.37. The summed E-state index contributed by atoms with van der Waals surface area (Å²) in [5.74, 6) is 0.540. The number of methoxy groups -OCH3 is 1. The number of benzene rings is 2. The Hall–Kier alpha value is -3.45. The molecule has 1 aromatic heterocycles. The number of carbonyl (C=O) groups excluding carboxylic acids is 1. The second-order valence-corrected chi connectivity index (χ2v) is 7.11. The zero-order valence-electron chi connectivity index (χ0n) is 16.1. The first-order chi connectivity index (χ1) is 14.0. The van der Waals surface area contributed by atoms with Gasteiger partial charge in [0, 0.05) is 6.20 Å². The molecule has 1 aliphatic heterocycles. The number of rotatable bonds is 5. The van der Waals surface area contributed by atoms with Gasteiger partial charge in [0.1, 0.15) is 11.4 Å². The van der Waals surface area contributed by atoms with Gasteiger partial charge in [0.05, 0.1) is 31.4 Å². The molecule has 6 nitrogen and oxygen atoms in total. The summed E-state index contributed by atoms with van der Waals surface area (Å²) in [5, 5.41) is 3.43. The fourth-order valence-electron chi connectivity index (χ4n) is 3.20. The van der Waals surface area contributed by atoms with Gasteiger partial charge >= 0.3 is 0 Å². The topological polar surface area (TPSA) is 59.4 Å². The van der Waals surface area contributed by atoms with E-state index in [9.17, 15) is 4.79 Å². The zero-order valence-corrected chi connectivity index (χ0v) is 16.9. The highest BCUT2D eigenvalue weighted by atomic mass is 32.1. The maximum absolute atomic E-state index is 12.8. The van der Waals surface area contributed by atoms with Gasteiger partial charge in [0.15, 0.2) is 5.11 Å². The molecule has 1 saturated heterocycles. The molecule has 1 amide bonds. The number of carbonyl (C=O) groups is 1. The highest BCUT2D eigenvalue weighted by Gasteiger charge is 2.30. The fraction of sp³-hybridized carbons (Fsp3) is 0.136. The molecule has 3 aromatic rings. The van der Waals surface area contributed by atoms with Crippen molar-refractivity contribution in [2.24, 2.45) is 0 Å². The number of amides is 1. The Bertz CT molecular complexity index is 1110. The van der Waals surface area contributed by atoms with Gasteiger partial charge in [-0.25, -0.2) is 4.98 Å². The van der Waals surface area contributed by atoms with E-state index in [4.69, 9.17) is 17.0 Å². The van der Waals surface area contributed by atoms with Gasteiger partial charge in [-0.2, -0.15) is 0 Å². The standard InChI is InChI=1S/C22H20N4O2S/c1-15-12-25(14-23-15)19-9-8-17(11-20(19)28-2)10-18-21(27)26(22(29)24-18)13-16-6-4-3-5-7-16/h3-12,14H,13H2,1-2H3,(H,24,29)/b18-10-. The summed E-state index contributed by atoms with van der Waals surface area (Å²) in [7, 11) is 1.62. The number of imidazole rings is 1. The van der Waals surface area contributed by atoms with Crippen molar-refractivity contribution in [1.29, 1.82) is 0 Å². The van der Waals surface area contributed by atoms with Crippen molar-refractivity contribution in [3.05, 3.63) is 83.6 Å². The molecule has 0 radical (unpaired) electrons. The lowest BCUT2D eigenvalue weighted by atomic mass is 10.1. The van der Waals surface area contributed by atoms with Crippen LogP contribution in [0.2, 0.25) is 0 Å². The van der Waals surface area contributed by atoms with Crippen LogP contribution in [0.4, 0.5) is 0 Å². The van der Waals surface area contributed by atoms with E-state index in [1.807, 2.05) is 66.2 Å². The molecule has 146 valence electrons. The second-order valence-electron chi connectivity index (χ2n) is 6.72. The summed E-state index contributed by atoms with van der Waals surface area (Å²) in [5.41, 5.74) is 4.10. The van der Waals surface area contributed by atoms with E-state index in [1.54, 1.807) is 24.4 Å². The summed E-state index contributed by atoms with van der Waals surface area (Å²) < 4.78 is 7.45. The van der Waals surface area contributed by atoms with Crippen molar-refractivity contribution in [1.82, 2.24) is 19.8 Å². The highest BCUT2D eigenvalue weighted by Crippen LogP contribution is 2.26. The number of aromatic nitrogens is 2. The van der Waals surface area contributed by atoms with Gasteiger partial charge in [-0.1, -0.05) is 36.4 Å². The van der Waals surface area contributed by atoms with Crippen LogP contribution >= 0.6 is 12.2 Å². The highest BCUT2D eigenvalue weighted by molar-refractivity contribution is 7.80. The molecule has 0 bridgehead atoms. The average Bonchev–Trinajstić information content (AvgIpc) is 3.27. The summed E-state index contributed by atoms with van der Waals surface area (Å²) in [6.07, 6.45) is 5.45. The lowest BCUT2D eigenvalue weighted by Crippen LogP contribution is -2.29. The van der Waals surface area contributed by atoms with Crippen LogP contribution in [0.25, 0.3) is 11.8 Å². The molecule has 29 heavy (non-hydrogen) atoms. The van der Waals surface area contributed by atoms with Crippen LogP contribution in [0.3, 0.4) is 0 Å². The van der Waals surface area contributed by atoms with Gasteiger partial charge in [0.25, 0.3) is 5.91 Å². The SMILES string of the molecule is COc1cc(/C=C2\NC(=S)N(Cc3ccccc3)C2=O)ccc1-n1cnc(C)c1. The summed E-state index contributed by atoms with van der Waals surface area (Å²) in [6, 6.07) is 15.5. The van der Waals surface area contributed by atoms with Gasteiger partial charge in [0.2, 0.25) is 0 Å². The molecule has 2 heterocycles. The number of nitrogens with zero attached hydrogens (tertiary/aromatic N) is 3. The molecule has 2 aromatic carbocycles. The Morgan fingerprint density at radius 1 is 1.21 bits per heavy atom. The molecule has 0 spiro atoms. The number of nitrogens with one attached hydrogen (secondary N) is 1. The maximum Gasteiger partial charge on any atom is 0.276 e. The Morgan fingerprint density at radius 3 is 2.69 bits per heavy atom. The van der Waals surface area contributed by atoms with Crippen LogP contribution in [0.15, 0.2) is 66.8 Å². The molecule has 0 unspecified atom stereocenters. The molecule has 1 aliphatic rings. The smallest absolute Gasteiger partial charge is 0.276 e. The zero-order chi connectivity index (χ0) is 20.4. The van der Waals surface area contributed by atoms with E-state index in [2.05, 4.69) is 10.3 Å². The van der Waals surface area contributed by atoms with E-state index in [0.717, 1.165) is 22.5 Å². The summed E-state index contributed by atoms with van der Waals surface area (Å²) in [4.78, 5) is 18.7. The lowest BCUT2D eigenvalue weighted by molar-refractivity contribution is -0.122. The average molecular weight is 404 g/mol. The Balaban J connectivity index is 1.59. The fourth-order valence-corrected chi connectivity index (χ4v) is 3.46. The van der Waals surface area contributed by atoms with Crippen LogP contribution < -0.4 is 10.1 Å². The quantitative estimate of drug-likeness (QED) is 0.521. The van der Waals surface area contributed by atoms with Crippen molar-refractivity contribution in [3.63, 3.8) is 0 Å². The minimum absolute atomic E-state index is 0.146. The summed E-state index contributed by atoms with van der Waals surface area (Å²) >= 11 is 5.36. The Labute approximate surface area is 174 Å². The van der Waals surface area contributed by atoms with Gasteiger partial charge < -0.3 is 14.6 Å². The van der Waals surface area contributed by atoms with E-state index in [1.165, 1.54) is 0 Å². The van der Waals surface area contributed by atoms with Crippen molar-refractivity contribution in [2.75, 3.05) is 7.11 Å². The third-order valence-corrected chi connectivity index (χ3v) is 4.97. The second kappa shape index (κ2) is 7.89.